The van der Waals surface area contributed by atoms with Crippen LogP contribution < -0.4 is 5.32 Å². The van der Waals surface area contributed by atoms with Crippen molar-refractivity contribution < 1.29 is 4.79 Å². The van der Waals surface area contributed by atoms with Gasteiger partial charge in [-0.3, -0.25) is 9.69 Å². The first kappa shape index (κ1) is 23.1. The number of carbonyl (C=O) groups excluding carboxylic acids is 1. The van der Waals surface area contributed by atoms with Gasteiger partial charge in [0.2, 0.25) is 0 Å². The number of carbonyl (C=O) groups is 1. The maximum absolute atomic E-state index is 12.3. The first-order chi connectivity index (χ1) is 16.0. The fraction of sp³-hybridized carbons (Fsp3) is 0.276. The van der Waals surface area contributed by atoms with Crippen LogP contribution >= 0.6 is 11.6 Å². The Kier molecular flexibility index (Phi) is 7.50. The Balaban J connectivity index is 1.33. The molecule has 3 aromatic rings. The third-order valence-corrected chi connectivity index (χ3v) is 6.59. The van der Waals surface area contributed by atoms with Gasteiger partial charge >= 0.3 is 5.91 Å². The van der Waals surface area contributed by atoms with Gasteiger partial charge in [-0.1, -0.05) is 60.3 Å². The van der Waals surface area contributed by atoms with E-state index < -0.39 is 0 Å². The average Bonchev–Trinajstić information content (AvgIpc) is 2.82. The van der Waals surface area contributed by atoms with Gasteiger partial charge in [-0.2, -0.15) is 0 Å². The number of piperidine rings is 1. The van der Waals surface area contributed by atoms with E-state index in [9.17, 15) is 4.79 Å². The molecule has 1 aliphatic heterocycles. The molecule has 3 nitrogen and oxygen atoms in total. The Morgan fingerprint density at radius 3 is 2.09 bits per heavy atom. The van der Waals surface area contributed by atoms with Gasteiger partial charge in [0.1, 0.15) is 0 Å². The van der Waals surface area contributed by atoms with Gasteiger partial charge < -0.3 is 5.32 Å². The van der Waals surface area contributed by atoms with E-state index in [2.05, 4.69) is 48.0 Å². The van der Waals surface area contributed by atoms with Crippen molar-refractivity contribution in [3.63, 3.8) is 0 Å². The van der Waals surface area contributed by atoms with Gasteiger partial charge in [0.15, 0.2) is 0 Å². The zero-order valence-electron chi connectivity index (χ0n) is 19.1. The number of nitrogens with one attached hydrogen (secondary N) is 1. The third kappa shape index (κ3) is 6.26. The van der Waals surface area contributed by atoms with Crippen molar-refractivity contribution in [2.45, 2.75) is 51.7 Å². The van der Waals surface area contributed by atoms with Gasteiger partial charge in [-0.15, -0.1) is 0 Å². The van der Waals surface area contributed by atoms with Crippen molar-refractivity contribution in [2.24, 2.45) is 0 Å². The normalized spacial score (nSPS) is 18.3. The highest BCUT2D eigenvalue weighted by molar-refractivity contribution is 6.30. The minimum absolute atomic E-state index is 0.317. The van der Waals surface area contributed by atoms with E-state index in [0.717, 1.165) is 28.9 Å². The minimum Gasteiger partial charge on any atom is -0.315 e. The lowest BCUT2D eigenvalue weighted by atomic mass is 9.97. The average molecular weight is 457 g/mol. The zero-order chi connectivity index (χ0) is 23.2. The molecule has 1 N–H and O–H groups in total. The molecule has 0 bridgehead atoms. The fourth-order valence-electron chi connectivity index (χ4n) is 4.37. The first-order valence-corrected chi connectivity index (χ1v) is 11.9. The second-order valence-corrected chi connectivity index (χ2v) is 9.22. The summed E-state index contributed by atoms with van der Waals surface area (Å²) >= 11 is 5.95. The van der Waals surface area contributed by atoms with Crippen LogP contribution in [0, 0.1) is 11.8 Å². The van der Waals surface area contributed by atoms with Gasteiger partial charge in [0.25, 0.3) is 0 Å². The molecule has 0 saturated carbocycles. The van der Waals surface area contributed by atoms with E-state index in [0.29, 0.717) is 17.1 Å². The molecule has 3 aromatic carbocycles. The van der Waals surface area contributed by atoms with Gasteiger partial charge in [-0.05, 0) is 79.8 Å². The number of anilines is 1. The molecular formula is C29H29ClN2O. The Morgan fingerprint density at radius 1 is 0.909 bits per heavy atom. The maximum atomic E-state index is 12.3. The monoisotopic (exact) mass is 456 g/mol. The SMILES string of the molecule is CC1CCCC(C)N1Cc1ccc(NC(=O)C#Cc2ccc(-c3ccc(Cl)cc3)cc2)cc1. The van der Waals surface area contributed by atoms with Crippen LogP contribution in [0.25, 0.3) is 11.1 Å². The number of nitrogens with zero attached hydrogens (tertiary/aromatic N) is 1. The summed E-state index contributed by atoms with van der Waals surface area (Å²) in [7, 11) is 0. The van der Waals surface area contributed by atoms with Crippen LogP contribution in [-0.2, 0) is 11.3 Å². The highest BCUT2D eigenvalue weighted by atomic mass is 35.5. The van der Waals surface area contributed by atoms with Crippen molar-refractivity contribution in [1.29, 1.82) is 0 Å². The summed E-state index contributed by atoms with van der Waals surface area (Å²) < 4.78 is 0. The molecule has 33 heavy (non-hydrogen) atoms. The number of likely N-dealkylation sites (tertiary alicyclic amines) is 1. The van der Waals surface area contributed by atoms with Crippen molar-refractivity contribution in [2.75, 3.05) is 5.32 Å². The van der Waals surface area contributed by atoms with Crippen LogP contribution in [0.4, 0.5) is 5.69 Å². The molecular weight excluding hydrogens is 428 g/mol. The quantitative estimate of drug-likeness (QED) is 0.440. The topological polar surface area (TPSA) is 32.3 Å². The van der Waals surface area contributed by atoms with Crippen LogP contribution in [0.3, 0.4) is 0 Å². The number of amides is 1. The van der Waals surface area contributed by atoms with Crippen molar-refractivity contribution >= 4 is 23.2 Å². The van der Waals surface area contributed by atoms with Gasteiger partial charge in [-0.25, -0.2) is 0 Å². The molecule has 168 valence electrons. The number of rotatable bonds is 4. The van der Waals surface area contributed by atoms with Crippen molar-refractivity contribution in [3.8, 4) is 23.0 Å². The Morgan fingerprint density at radius 2 is 1.48 bits per heavy atom. The minimum atomic E-state index is -0.317. The van der Waals surface area contributed by atoms with Crippen LogP contribution in [0.2, 0.25) is 5.02 Å². The summed E-state index contributed by atoms with van der Waals surface area (Å²) in [5.74, 6) is 5.30. The Bertz CT molecular complexity index is 1130. The smallest absolute Gasteiger partial charge is 0.300 e. The van der Waals surface area contributed by atoms with E-state index in [-0.39, 0.29) is 5.91 Å². The number of hydrogen-bond donors (Lipinski definition) is 1. The van der Waals surface area contributed by atoms with Crippen LogP contribution in [0.1, 0.15) is 44.2 Å². The largest absolute Gasteiger partial charge is 0.315 e. The van der Waals surface area contributed by atoms with Gasteiger partial charge in [0.05, 0.1) is 0 Å². The molecule has 2 atom stereocenters. The Hall–Kier alpha value is -3.06. The summed E-state index contributed by atoms with van der Waals surface area (Å²) in [6.45, 7) is 5.57. The number of halogens is 1. The third-order valence-electron chi connectivity index (χ3n) is 6.34. The molecule has 2 unspecified atom stereocenters. The number of hydrogen-bond acceptors (Lipinski definition) is 2. The van der Waals surface area contributed by atoms with Crippen LogP contribution in [-0.4, -0.2) is 22.9 Å². The van der Waals surface area contributed by atoms with Crippen molar-refractivity contribution in [3.05, 3.63) is 88.9 Å². The van der Waals surface area contributed by atoms with Gasteiger partial charge in [0, 0.05) is 40.8 Å². The summed E-state index contributed by atoms with van der Waals surface area (Å²) in [6.07, 6.45) is 3.85. The summed E-state index contributed by atoms with van der Waals surface area (Å²) in [4.78, 5) is 14.9. The lowest BCUT2D eigenvalue weighted by molar-refractivity contribution is -0.111. The van der Waals surface area contributed by atoms with Crippen LogP contribution in [0.5, 0.6) is 0 Å². The predicted molar refractivity (Wildman–Crippen MR) is 137 cm³/mol. The molecule has 0 radical (unpaired) electrons. The Labute approximate surface area is 201 Å². The van der Waals surface area contributed by atoms with E-state index in [1.807, 2.05) is 60.7 Å². The van der Waals surface area contributed by atoms with Crippen molar-refractivity contribution in [1.82, 2.24) is 4.90 Å². The summed E-state index contributed by atoms with van der Waals surface area (Å²) in [5.41, 5.74) is 4.98. The second kappa shape index (κ2) is 10.7. The molecule has 1 saturated heterocycles. The fourth-order valence-corrected chi connectivity index (χ4v) is 4.50. The molecule has 1 amide bonds. The van der Waals surface area contributed by atoms with Crippen LogP contribution in [0.15, 0.2) is 72.8 Å². The molecule has 0 spiro atoms. The molecule has 1 heterocycles. The molecule has 0 aliphatic carbocycles. The maximum Gasteiger partial charge on any atom is 0.300 e. The summed E-state index contributed by atoms with van der Waals surface area (Å²) in [6, 6.07) is 24.8. The standard InChI is InChI=1S/C29H29ClN2O/c1-21-4-3-5-22(2)32(21)20-24-8-17-28(18-9-24)31-29(33)19-10-23-6-11-25(12-7-23)26-13-15-27(30)16-14-26/h6-9,11-18,21-22H,3-5,20H2,1-2H3,(H,31,33). The highest BCUT2D eigenvalue weighted by Gasteiger charge is 2.24. The molecule has 4 heteroatoms. The lowest BCUT2D eigenvalue weighted by Crippen LogP contribution is -2.42. The highest BCUT2D eigenvalue weighted by Crippen LogP contribution is 2.25. The first-order valence-electron chi connectivity index (χ1n) is 11.5. The molecule has 1 fully saturated rings. The molecule has 1 aliphatic rings. The van der Waals surface area contributed by atoms with E-state index in [1.54, 1.807) is 0 Å². The zero-order valence-corrected chi connectivity index (χ0v) is 19.9. The predicted octanol–water partition coefficient (Wildman–Crippen LogP) is 6.76. The van der Waals surface area contributed by atoms with E-state index in [4.69, 9.17) is 11.6 Å². The second-order valence-electron chi connectivity index (χ2n) is 8.79. The van der Waals surface area contributed by atoms with E-state index >= 15 is 0 Å². The lowest BCUT2D eigenvalue weighted by Gasteiger charge is -2.39. The number of benzene rings is 3. The molecule has 4 rings (SSSR count). The van der Waals surface area contributed by atoms with E-state index in [1.165, 1.54) is 24.8 Å². The molecule has 0 aromatic heterocycles. The summed E-state index contributed by atoms with van der Waals surface area (Å²) in [5, 5.41) is 3.58.